The Kier molecular flexibility index (Phi) is 2.71. The molecule has 1 N–H and O–H groups in total. The van der Waals surface area contributed by atoms with Crippen LogP contribution >= 0.6 is 0 Å². The molecule has 1 heterocycles. The van der Waals surface area contributed by atoms with Crippen LogP contribution in [0.1, 0.15) is 24.3 Å². The van der Waals surface area contributed by atoms with E-state index in [1.54, 1.807) is 6.26 Å². The van der Waals surface area contributed by atoms with Gasteiger partial charge in [0.15, 0.2) is 0 Å². The molecular weight excluding hydrogens is 150 g/mol. The van der Waals surface area contributed by atoms with Crippen molar-refractivity contribution in [2.24, 2.45) is 0 Å². The molecule has 0 aliphatic rings. The topological polar surface area (TPSA) is 25.2 Å². The van der Waals surface area contributed by atoms with E-state index in [0.717, 1.165) is 16.9 Å². The molecule has 0 aliphatic heterocycles. The molecule has 0 saturated heterocycles. The molecule has 0 amide bonds. The summed E-state index contributed by atoms with van der Waals surface area (Å²) in [5, 5.41) is 3.17. The summed E-state index contributed by atoms with van der Waals surface area (Å²) in [6.45, 7) is 7.85. The normalized spacial score (nSPS) is 12.9. The second-order valence-corrected chi connectivity index (χ2v) is 3.06. The van der Waals surface area contributed by atoms with E-state index in [9.17, 15) is 0 Å². The van der Waals surface area contributed by atoms with E-state index in [1.807, 2.05) is 27.0 Å². The van der Waals surface area contributed by atoms with Crippen LogP contribution in [0.15, 0.2) is 28.9 Å². The van der Waals surface area contributed by atoms with Crippen LogP contribution in [0.25, 0.3) is 0 Å². The highest BCUT2D eigenvalue weighted by molar-refractivity contribution is 5.24. The average molecular weight is 165 g/mol. The van der Waals surface area contributed by atoms with Crippen LogP contribution in [0.2, 0.25) is 0 Å². The van der Waals surface area contributed by atoms with Crippen molar-refractivity contribution in [1.82, 2.24) is 5.32 Å². The molecule has 2 nitrogen and oxygen atoms in total. The minimum absolute atomic E-state index is 0.211. The van der Waals surface area contributed by atoms with Crippen molar-refractivity contribution in [2.45, 2.75) is 19.9 Å². The number of hydrogen-bond donors (Lipinski definition) is 1. The van der Waals surface area contributed by atoms with Gasteiger partial charge in [-0.05, 0) is 27.0 Å². The first-order valence-electron chi connectivity index (χ1n) is 4.03. The van der Waals surface area contributed by atoms with Crippen molar-refractivity contribution in [1.29, 1.82) is 0 Å². The van der Waals surface area contributed by atoms with Gasteiger partial charge in [-0.3, -0.25) is 0 Å². The van der Waals surface area contributed by atoms with Gasteiger partial charge in [-0.15, -0.1) is 0 Å². The molecule has 12 heavy (non-hydrogen) atoms. The lowest BCUT2D eigenvalue weighted by Crippen LogP contribution is -2.16. The highest BCUT2D eigenvalue weighted by Crippen LogP contribution is 2.21. The SMILES string of the molecule is C=C(C)C(NC)c1coc(C)c1. The Labute approximate surface area is 73.3 Å². The van der Waals surface area contributed by atoms with Crippen LogP contribution < -0.4 is 5.32 Å². The molecule has 0 saturated carbocycles. The van der Waals surface area contributed by atoms with Gasteiger partial charge in [0.05, 0.1) is 12.3 Å². The van der Waals surface area contributed by atoms with E-state index < -0.39 is 0 Å². The molecular formula is C10H15NO. The molecule has 0 aliphatic carbocycles. The van der Waals surface area contributed by atoms with Crippen molar-refractivity contribution >= 4 is 0 Å². The molecule has 66 valence electrons. The number of aryl methyl sites for hydroxylation is 1. The third kappa shape index (κ3) is 1.77. The third-order valence-electron chi connectivity index (χ3n) is 1.87. The first-order chi connectivity index (χ1) is 5.65. The minimum Gasteiger partial charge on any atom is -0.469 e. The number of likely N-dealkylation sites (N-methyl/N-ethyl adjacent to an activating group) is 1. The lowest BCUT2D eigenvalue weighted by molar-refractivity contribution is 0.527. The van der Waals surface area contributed by atoms with E-state index in [1.165, 1.54) is 0 Å². The van der Waals surface area contributed by atoms with E-state index >= 15 is 0 Å². The Morgan fingerprint density at radius 3 is 2.67 bits per heavy atom. The van der Waals surface area contributed by atoms with Gasteiger partial charge < -0.3 is 9.73 Å². The molecule has 0 fully saturated rings. The highest BCUT2D eigenvalue weighted by atomic mass is 16.3. The second kappa shape index (κ2) is 3.59. The Hall–Kier alpha value is -1.02. The summed E-state index contributed by atoms with van der Waals surface area (Å²) in [4.78, 5) is 0. The molecule has 1 atom stereocenters. The van der Waals surface area contributed by atoms with Gasteiger partial charge in [-0.25, -0.2) is 0 Å². The van der Waals surface area contributed by atoms with Crippen molar-refractivity contribution in [2.75, 3.05) is 7.05 Å². The van der Waals surface area contributed by atoms with Gasteiger partial charge in [0, 0.05) is 5.56 Å². The molecule has 0 bridgehead atoms. The maximum absolute atomic E-state index is 5.22. The van der Waals surface area contributed by atoms with Gasteiger partial charge in [-0.2, -0.15) is 0 Å². The van der Waals surface area contributed by atoms with Crippen molar-refractivity contribution in [3.05, 3.63) is 35.8 Å². The molecule has 0 aromatic carbocycles. The maximum Gasteiger partial charge on any atom is 0.101 e. The van der Waals surface area contributed by atoms with Gasteiger partial charge in [0.2, 0.25) is 0 Å². The van der Waals surface area contributed by atoms with Crippen LogP contribution in [-0.2, 0) is 0 Å². The summed E-state index contributed by atoms with van der Waals surface area (Å²) in [6, 6.07) is 2.23. The zero-order chi connectivity index (χ0) is 9.14. The summed E-state index contributed by atoms with van der Waals surface area (Å²) in [7, 11) is 1.92. The Morgan fingerprint density at radius 2 is 2.33 bits per heavy atom. The quantitative estimate of drug-likeness (QED) is 0.696. The fourth-order valence-corrected chi connectivity index (χ4v) is 1.31. The summed E-state index contributed by atoms with van der Waals surface area (Å²) in [6.07, 6.45) is 1.77. The zero-order valence-electron chi connectivity index (χ0n) is 7.85. The van der Waals surface area contributed by atoms with E-state index in [4.69, 9.17) is 4.42 Å². The van der Waals surface area contributed by atoms with Gasteiger partial charge in [-0.1, -0.05) is 12.2 Å². The summed E-state index contributed by atoms with van der Waals surface area (Å²) < 4.78 is 5.22. The van der Waals surface area contributed by atoms with Crippen LogP contribution in [0, 0.1) is 6.92 Å². The highest BCUT2D eigenvalue weighted by Gasteiger charge is 2.11. The number of nitrogens with one attached hydrogen (secondary N) is 1. The molecule has 1 rings (SSSR count). The molecule has 1 aromatic rings. The van der Waals surface area contributed by atoms with Gasteiger partial charge >= 0.3 is 0 Å². The Bertz CT molecular complexity index is 275. The Morgan fingerprint density at radius 1 is 1.67 bits per heavy atom. The molecule has 1 unspecified atom stereocenters. The smallest absolute Gasteiger partial charge is 0.101 e. The van der Waals surface area contributed by atoms with Gasteiger partial charge in [0.25, 0.3) is 0 Å². The number of hydrogen-bond acceptors (Lipinski definition) is 2. The van der Waals surface area contributed by atoms with E-state index in [-0.39, 0.29) is 6.04 Å². The standard InChI is InChI=1S/C10H15NO/c1-7(2)10(11-4)9-5-8(3)12-6-9/h5-6,10-11H,1H2,2-4H3. The average Bonchev–Trinajstić information content (AvgIpc) is 2.37. The first-order valence-corrected chi connectivity index (χ1v) is 4.03. The molecule has 0 radical (unpaired) electrons. The first kappa shape index (κ1) is 9.07. The Balaban J connectivity index is 2.87. The maximum atomic E-state index is 5.22. The monoisotopic (exact) mass is 165 g/mol. The van der Waals surface area contributed by atoms with Crippen LogP contribution in [0.5, 0.6) is 0 Å². The number of furan rings is 1. The molecule has 1 aromatic heterocycles. The lowest BCUT2D eigenvalue weighted by atomic mass is 10.0. The van der Waals surface area contributed by atoms with Crippen LogP contribution in [0.3, 0.4) is 0 Å². The molecule has 0 spiro atoms. The van der Waals surface area contributed by atoms with Crippen molar-refractivity contribution in [3.63, 3.8) is 0 Å². The van der Waals surface area contributed by atoms with Gasteiger partial charge in [0.1, 0.15) is 5.76 Å². The van der Waals surface area contributed by atoms with E-state index in [0.29, 0.717) is 0 Å². The van der Waals surface area contributed by atoms with E-state index in [2.05, 4.69) is 11.9 Å². The summed E-state index contributed by atoms with van der Waals surface area (Å²) in [5.41, 5.74) is 2.24. The van der Waals surface area contributed by atoms with Crippen LogP contribution in [0.4, 0.5) is 0 Å². The van der Waals surface area contributed by atoms with Crippen LogP contribution in [-0.4, -0.2) is 7.05 Å². The lowest BCUT2D eigenvalue weighted by Gasteiger charge is -2.13. The summed E-state index contributed by atoms with van der Waals surface area (Å²) in [5.74, 6) is 0.937. The predicted molar refractivity (Wildman–Crippen MR) is 50.1 cm³/mol. The number of rotatable bonds is 3. The van der Waals surface area contributed by atoms with Crippen molar-refractivity contribution in [3.8, 4) is 0 Å². The predicted octanol–water partition coefficient (Wildman–Crippen LogP) is 2.42. The van der Waals surface area contributed by atoms with Crippen molar-refractivity contribution < 1.29 is 4.42 Å². The summed E-state index contributed by atoms with van der Waals surface area (Å²) >= 11 is 0. The molecule has 2 heteroatoms. The zero-order valence-corrected chi connectivity index (χ0v) is 7.85. The minimum atomic E-state index is 0.211. The fraction of sp³-hybridized carbons (Fsp3) is 0.400. The second-order valence-electron chi connectivity index (χ2n) is 3.06. The largest absolute Gasteiger partial charge is 0.469 e. The third-order valence-corrected chi connectivity index (χ3v) is 1.87. The fourth-order valence-electron chi connectivity index (χ4n) is 1.31.